The van der Waals surface area contributed by atoms with Crippen molar-refractivity contribution in [2.45, 2.75) is 24.2 Å². The van der Waals surface area contributed by atoms with Crippen molar-refractivity contribution in [1.29, 1.82) is 0 Å². The second-order valence-electron chi connectivity index (χ2n) is 3.57. The van der Waals surface area contributed by atoms with Crippen molar-refractivity contribution < 1.29 is 0 Å². The SMILES string of the molecule is Cc1cccc2c1C(CCN)CS2. The van der Waals surface area contributed by atoms with E-state index in [1.54, 1.807) is 5.56 Å². The van der Waals surface area contributed by atoms with Gasteiger partial charge in [-0.3, -0.25) is 0 Å². The molecule has 1 unspecified atom stereocenters. The van der Waals surface area contributed by atoms with E-state index in [2.05, 4.69) is 25.1 Å². The van der Waals surface area contributed by atoms with Crippen LogP contribution in [0.25, 0.3) is 0 Å². The van der Waals surface area contributed by atoms with Crippen molar-refractivity contribution in [3.63, 3.8) is 0 Å². The summed E-state index contributed by atoms with van der Waals surface area (Å²) in [7, 11) is 0. The average Bonchev–Trinajstić information content (AvgIpc) is 2.51. The molecule has 0 aliphatic carbocycles. The predicted octanol–water partition coefficient (Wildman–Crippen LogP) is 2.53. The maximum absolute atomic E-state index is 5.61. The highest BCUT2D eigenvalue weighted by Gasteiger charge is 2.23. The molecule has 0 spiro atoms. The lowest BCUT2D eigenvalue weighted by molar-refractivity contribution is 0.696. The van der Waals surface area contributed by atoms with Crippen LogP contribution in [0.1, 0.15) is 23.5 Å². The Morgan fingerprint density at radius 1 is 1.54 bits per heavy atom. The Bertz CT molecular complexity index is 307. The van der Waals surface area contributed by atoms with Crippen LogP contribution in [-0.4, -0.2) is 12.3 Å². The quantitative estimate of drug-likeness (QED) is 0.781. The summed E-state index contributed by atoms with van der Waals surface area (Å²) in [5, 5.41) is 0. The first-order valence-electron chi connectivity index (χ1n) is 4.75. The number of fused-ring (bicyclic) bond motifs is 1. The van der Waals surface area contributed by atoms with Gasteiger partial charge in [0.15, 0.2) is 0 Å². The third kappa shape index (κ3) is 1.61. The Morgan fingerprint density at radius 3 is 3.15 bits per heavy atom. The molecule has 0 fully saturated rings. The Kier molecular flexibility index (Phi) is 2.61. The van der Waals surface area contributed by atoms with Gasteiger partial charge in [-0.2, -0.15) is 0 Å². The smallest absolute Gasteiger partial charge is 0.0110 e. The van der Waals surface area contributed by atoms with Crippen molar-refractivity contribution in [1.82, 2.24) is 0 Å². The highest BCUT2D eigenvalue weighted by Crippen LogP contribution is 2.42. The Morgan fingerprint density at radius 2 is 2.38 bits per heavy atom. The fourth-order valence-corrected chi connectivity index (χ4v) is 3.38. The minimum absolute atomic E-state index is 0.700. The van der Waals surface area contributed by atoms with Gasteiger partial charge in [-0.1, -0.05) is 12.1 Å². The van der Waals surface area contributed by atoms with Gasteiger partial charge in [-0.25, -0.2) is 0 Å². The van der Waals surface area contributed by atoms with E-state index in [-0.39, 0.29) is 0 Å². The summed E-state index contributed by atoms with van der Waals surface area (Å²) in [6, 6.07) is 6.57. The first-order chi connectivity index (χ1) is 6.33. The van der Waals surface area contributed by atoms with E-state index in [0.29, 0.717) is 5.92 Å². The van der Waals surface area contributed by atoms with E-state index in [9.17, 15) is 0 Å². The fraction of sp³-hybridized carbons (Fsp3) is 0.455. The number of nitrogens with two attached hydrogens (primary N) is 1. The zero-order valence-electron chi connectivity index (χ0n) is 7.92. The lowest BCUT2D eigenvalue weighted by atomic mass is 9.94. The lowest BCUT2D eigenvalue weighted by Crippen LogP contribution is -2.07. The van der Waals surface area contributed by atoms with E-state index >= 15 is 0 Å². The van der Waals surface area contributed by atoms with Crippen molar-refractivity contribution in [2.24, 2.45) is 5.73 Å². The molecular weight excluding hydrogens is 178 g/mol. The van der Waals surface area contributed by atoms with Gasteiger partial charge in [-0.05, 0) is 43.0 Å². The summed E-state index contributed by atoms with van der Waals surface area (Å²) in [5.74, 6) is 1.92. The fourth-order valence-electron chi connectivity index (χ4n) is 2.01. The molecule has 0 radical (unpaired) electrons. The second-order valence-corrected chi connectivity index (χ2v) is 4.63. The van der Waals surface area contributed by atoms with Crippen LogP contribution in [0.2, 0.25) is 0 Å². The molecule has 2 heteroatoms. The zero-order chi connectivity index (χ0) is 9.26. The third-order valence-electron chi connectivity index (χ3n) is 2.65. The number of hydrogen-bond acceptors (Lipinski definition) is 2. The van der Waals surface area contributed by atoms with Crippen LogP contribution < -0.4 is 5.73 Å². The van der Waals surface area contributed by atoms with Crippen molar-refractivity contribution in [2.75, 3.05) is 12.3 Å². The Labute approximate surface area is 83.7 Å². The van der Waals surface area contributed by atoms with E-state index in [1.165, 1.54) is 16.2 Å². The maximum atomic E-state index is 5.61. The molecule has 13 heavy (non-hydrogen) atoms. The summed E-state index contributed by atoms with van der Waals surface area (Å²) in [6.07, 6.45) is 1.13. The first kappa shape index (κ1) is 9.10. The zero-order valence-corrected chi connectivity index (χ0v) is 8.73. The molecule has 1 nitrogen and oxygen atoms in total. The number of benzene rings is 1. The van der Waals surface area contributed by atoms with Crippen LogP contribution in [0.4, 0.5) is 0 Å². The van der Waals surface area contributed by atoms with E-state index < -0.39 is 0 Å². The number of rotatable bonds is 2. The number of thioether (sulfide) groups is 1. The van der Waals surface area contributed by atoms with Crippen LogP contribution >= 0.6 is 11.8 Å². The second kappa shape index (κ2) is 3.72. The molecule has 0 amide bonds. The maximum Gasteiger partial charge on any atom is 0.0110 e. The van der Waals surface area contributed by atoms with Gasteiger partial charge in [0, 0.05) is 10.6 Å². The monoisotopic (exact) mass is 193 g/mol. The molecule has 0 aromatic heterocycles. The third-order valence-corrected chi connectivity index (χ3v) is 3.88. The summed E-state index contributed by atoms with van der Waals surface area (Å²) in [4.78, 5) is 1.47. The molecule has 0 bridgehead atoms. The van der Waals surface area contributed by atoms with Crippen LogP contribution in [0.5, 0.6) is 0 Å². The van der Waals surface area contributed by atoms with Gasteiger partial charge in [0.25, 0.3) is 0 Å². The van der Waals surface area contributed by atoms with Crippen molar-refractivity contribution >= 4 is 11.8 Å². The van der Waals surface area contributed by atoms with E-state index in [0.717, 1.165) is 13.0 Å². The summed E-state index contributed by atoms with van der Waals surface area (Å²) >= 11 is 1.97. The van der Waals surface area contributed by atoms with Crippen molar-refractivity contribution in [3.05, 3.63) is 29.3 Å². The standard InChI is InChI=1S/C11H15NS/c1-8-3-2-4-10-11(8)9(5-6-12)7-13-10/h2-4,9H,5-7,12H2,1H3. The van der Waals surface area contributed by atoms with Crippen LogP contribution in [0.3, 0.4) is 0 Å². The van der Waals surface area contributed by atoms with Gasteiger partial charge < -0.3 is 5.73 Å². The minimum Gasteiger partial charge on any atom is -0.330 e. The van der Waals surface area contributed by atoms with E-state index in [4.69, 9.17) is 5.73 Å². The van der Waals surface area contributed by atoms with E-state index in [1.807, 2.05) is 11.8 Å². The molecular formula is C11H15NS. The van der Waals surface area contributed by atoms with Crippen LogP contribution in [0, 0.1) is 6.92 Å². The first-order valence-corrected chi connectivity index (χ1v) is 5.74. The molecule has 1 aromatic rings. The molecule has 1 atom stereocenters. The molecule has 70 valence electrons. The van der Waals surface area contributed by atoms with Gasteiger partial charge in [0.1, 0.15) is 0 Å². The van der Waals surface area contributed by atoms with Gasteiger partial charge in [0.05, 0.1) is 0 Å². The summed E-state index contributed by atoms with van der Waals surface area (Å²) < 4.78 is 0. The van der Waals surface area contributed by atoms with Crippen LogP contribution in [0.15, 0.2) is 23.1 Å². The molecule has 1 aliphatic heterocycles. The minimum atomic E-state index is 0.700. The molecule has 0 saturated carbocycles. The molecule has 1 heterocycles. The molecule has 1 aromatic carbocycles. The highest BCUT2D eigenvalue weighted by atomic mass is 32.2. The summed E-state index contributed by atoms with van der Waals surface area (Å²) in [5.41, 5.74) is 8.59. The molecule has 0 saturated heterocycles. The number of hydrogen-bond donors (Lipinski definition) is 1. The molecule has 2 N–H and O–H groups in total. The van der Waals surface area contributed by atoms with Gasteiger partial charge in [0.2, 0.25) is 0 Å². The topological polar surface area (TPSA) is 26.0 Å². The Balaban J connectivity index is 2.34. The molecule has 1 aliphatic rings. The van der Waals surface area contributed by atoms with Crippen molar-refractivity contribution in [3.8, 4) is 0 Å². The van der Waals surface area contributed by atoms with Gasteiger partial charge >= 0.3 is 0 Å². The predicted molar refractivity (Wildman–Crippen MR) is 58.3 cm³/mol. The Hall–Kier alpha value is -0.470. The normalized spacial score (nSPS) is 20.3. The van der Waals surface area contributed by atoms with Crippen LogP contribution in [-0.2, 0) is 0 Å². The molecule has 2 rings (SSSR count). The average molecular weight is 193 g/mol. The number of aryl methyl sites for hydroxylation is 1. The lowest BCUT2D eigenvalue weighted by Gasteiger charge is -2.11. The largest absolute Gasteiger partial charge is 0.330 e. The highest BCUT2D eigenvalue weighted by molar-refractivity contribution is 7.99. The summed E-state index contributed by atoms with van der Waals surface area (Å²) in [6.45, 7) is 3.01. The van der Waals surface area contributed by atoms with Gasteiger partial charge in [-0.15, -0.1) is 11.8 Å².